The summed E-state index contributed by atoms with van der Waals surface area (Å²) in [6.07, 6.45) is -1.95. The minimum atomic E-state index is -4.64. The highest BCUT2D eigenvalue weighted by Crippen LogP contribution is 2.43. The molecular formula is C28H36F3N3O3S. The number of benzene rings is 2. The van der Waals surface area contributed by atoms with Crippen molar-refractivity contribution in [1.29, 1.82) is 0 Å². The third-order valence-corrected chi connectivity index (χ3v) is 8.58. The van der Waals surface area contributed by atoms with Gasteiger partial charge in [-0.2, -0.15) is 13.2 Å². The zero-order chi connectivity index (χ0) is 28.1. The first-order valence-electron chi connectivity index (χ1n) is 12.6. The van der Waals surface area contributed by atoms with E-state index in [0.29, 0.717) is 31.3 Å². The van der Waals surface area contributed by atoms with Gasteiger partial charge in [0.25, 0.3) is 10.0 Å². The van der Waals surface area contributed by atoms with Gasteiger partial charge in [0.15, 0.2) is 0 Å². The summed E-state index contributed by atoms with van der Waals surface area (Å²) in [5.74, 6) is 0. The molecule has 0 fully saturated rings. The van der Waals surface area contributed by atoms with E-state index in [0.717, 1.165) is 35.5 Å². The first-order chi connectivity index (χ1) is 17.5. The van der Waals surface area contributed by atoms with Crippen molar-refractivity contribution in [2.75, 3.05) is 49.5 Å². The number of halogens is 3. The summed E-state index contributed by atoms with van der Waals surface area (Å²) >= 11 is 0. The molecule has 6 nitrogen and oxygen atoms in total. The second kappa shape index (κ2) is 9.88. The zero-order valence-corrected chi connectivity index (χ0v) is 23.6. The molecule has 0 aliphatic carbocycles. The molecule has 10 heteroatoms. The van der Waals surface area contributed by atoms with Gasteiger partial charge in [-0.05, 0) is 89.3 Å². The molecule has 208 valence electrons. The number of sulfonamides is 1. The molecule has 0 aromatic heterocycles. The lowest BCUT2D eigenvalue weighted by Gasteiger charge is -2.41. The quantitative estimate of drug-likeness (QED) is 0.465. The van der Waals surface area contributed by atoms with E-state index < -0.39 is 33.0 Å². The number of anilines is 2. The molecule has 0 spiro atoms. The zero-order valence-electron chi connectivity index (χ0n) is 22.8. The average molecular weight is 552 g/mol. The molecule has 2 aliphatic rings. The maximum atomic E-state index is 13.8. The van der Waals surface area contributed by atoms with Crippen molar-refractivity contribution in [1.82, 2.24) is 4.90 Å². The highest BCUT2D eigenvalue weighted by atomic mass is 32.2. The molecule has 2 aliphatic heterocycles. The summed E-state index contributed by atoms with van der Waals surface area (Å²) in [5, 5.41) is 0. The summed E-state index contributed by atoms with van der Waals surface area (Å²) in [6.45, 7) is 10.0. The highest BCUT2D eigenvalue weighted by molar-refractivity contribution is 7.92. The van der Waals surface area contributed by atoms with Gasteiger partial charge >= 0.3 is 6.18 Å². The summed E-state index contributed by atoms with van der Waals surface area (Å²) in [5.41, 5.74) is 1.20. The predicted molar refractivity (Wildman–Crippen MR) is 145 cm³/mol. The number of rotatable bonds is 6. The van der Waals surface area contributed by atoms with Crippen LogP contribution < -0.4 is 9.21 Å². The van der Waals surface area contributed by atoms with E-state index in [1.807, 2.05) is 60.0 Å². The van der Waals surface area contributed by atoms with Crippen LogP contribution >= 0.6 is 0 Å². The second-order valence-corrected chi connectivity index (χ2v) is 13.3. The van der Waals surface area contributed by atoms with Gasteiger partial charge in [-0.15, -0.1) is 0 Å². The Labute approximate surface area is 223 Å². The topological polar surface area (TPSA) is 53.1 Å². The van der Waals surface area contributed by atoms with Gasteiger partial charge in [-0.25, -0.2) is 8.42 Å². The molecule has 2 heterocycles. The molecular weight excluding hydrogens is 515 g/mol. The first-order valence-corrected chi connectivity index (χ1v) is 14.1. The molecule has 2 aromatic rings. The molecule has 2 aromatic carbocycles. The minimum Gasteiger partial charge on any atom is -0.367 e. The molecule has 38 heavy (non-hydrogen) atoms. The molecule has 0 saturated heterocycles. The van der Waals surface area contributed by atoms with Gasteiger partial charge in [0.05, 0.1) is 39.6 Å². The van der Waals surface area contributed by atoms with E-state index in [9.17, 15) is 21.6 Å². The number of hydrogen-bond acceptors (Lipinski definition) is 5. The summed E-state index contributed by atoms with van der Waals surface area (Å²) in [4.78, 5) is 3.80. The Morgan fingerprint density at radius 1 is 1.00 bits per heavy atom. The normalized spacial score (nSPS) is 19.4. The van der Waals surface area contributed by atoms with E-state index in [-0.39, 0.29) is 11.4 Å². The number of alkyl halides is 3. The van der Waals surface area contributed by atoms with Crippen LogP contribution in [0.1, 0.15) is 45.2 Å². The van der Waals surface area contributed by atoms with Crippen LogP contribution in [-0.4, -0.2) is 64.8 Å². The van der Waals surface area contributed by atoms with Crippen molar-refractivity contribution in [2.24, 2.45) is 0 Å². The molecule has 0 unspecified atom stereocenters. The fourth-order valence-corrected chi connectivity index (χ4v) is 6.81. The maximum absolute atomic E-state index is 13.8. The number of fused-ring (bicyclic) bond motifs is 1. The number of ether oxygens (including phenoxy) is 1. The number of likely N-dealkylation sites (N-methyl/N-ethyl adjacent to an activating group) is 1. The van der Waals surface area contributed by atoms with Crippen LogP contribution in [-0.2, 0) is 20.9 Å². The Bertz CT molecular complexity index is 1330. The van der Waals surface area contributed by atoms with Gasteiger partial charge in [0, 0.05) is 26.1 Å². The fraction of sp³-hybridized carbons (Fsp3) is 0.500. The van der Waals surface area contributed by atoms with Crippen LogP contribution in [0, 0.1) is 0 Å². The molecule has 0 radical (unpaired) electrons. The third-order valence-electron chi connectivity index (χ3n) is 6.77. The van der Waals surface area contributed by atoms with E-state index in [2.05, 4.69) is 15.9 Å². The monoisotopic (exact) mass is 551 g/mol. The molecule has 0 atom stereocenters. The minimum absolute atomic E-state index is 0.127. The lowest BCUT2D eigenvalue weighted by molar-refractivity contribution is -0.137. The Morgan fingerprint density at radius 3 is 2.34 bits per heavy atom. The van der Waals surface area contributed by atoms with Crippen LogP contribution in [0.5, 0.6) is 0 Å². The predicted octanol–water partition coefficient (Wildman–Crippen LogP) is 5.64. The molecule has 0 amide bonds. The van der Waals surface area contributed by atoms with Gasteiger partial charge in [0.1, 0.15) is 0 Å². The standard InChI is InChI=1S/C28H36F3N3O3S/c1-26(2)18-21(19-27(3,4)37-26)20-10-11-24-25(16-20)34(15-14-33(24)13-12-32(5)6)38(35,36)23-9-7-8-22(17-23)28(29,30)31/h7-11,16-18H,12-15,19H2,1-6H3. The summed E-state index contributed by atoms with van der Waals surface area (Å²) in [7, 11) is -0.311. The summed E-state index contributed by atoms with van der Waals surface area (Å²) < 4.78 is 75.2. The van der Waals surface area contributed by atoms with Crippen molar-refractivity contribution in [3.05, 3.63) is 59.7 Å². The van der Waals surface area contributed by atoms with Crippen LogP contribution in [0.25, 0.3) is 5.57 Å². The van der Waals surface area contributed by atoms with Crippen LogP contribution in [0.4, 0.5) is 24.5 Å². The number of hydrogen-bond donors (Lipinski definition) is 0. The highest BCUT2D eigenvalue weighted by Gasteiger charge is 2.37. The molecule has 0 bridgehead atoms. The summed E-state index contributed by atoms with van der Waals surface area (Å²) in [6, 6.07) is 9.71. The van der Waals surface area contributed by atoms with Crippen molar-refractivity contribution in [3.63, 3.8) is 0 Å². The van der Waals surface area contributed by atoms with Gasteiger partial charge in [-0.3, -0.25) is 4.31 Å². The molecule has 0 N–H and O–H groups in total. The van der Waals surface area contributed by atoms with Crippen LogP contribution in [0.15, 0.2) is 53.4 Å². The van der Waals surface area contributed by atoms with Crippen LogP contribution in [0.3, 0.4) is 0 Å². The van der Waals surface area contributed by atoms with Crippen molar-refractivity contribution >= 4 is 27.0 Å². The first kappa shape index (κ1) is 28.4. The Kier molecular flexibility index (Phi) is 7.40. The smallest absolute Gasteiger partial charge is 0.367 e. The lowest BCUT2D eigenvalue weighted by atomic mass is 9.85. The SMILES string of the molecule is CN(C)CCN1CCN(S(=O)(=O)c2cccc(C(F)(F)F)c2)c2cc(C3=CC(C)(C)OC(C)(C)C3)ccc21. The number of nitrogens with zero attached hydrogens (tertiary/aromatic N) is 3. The Hall–Kier alpha value is -2.56. The average Bonchev–Trinajstić information content (AvgIpc) is 2.79. The van der Waals surface area contributed by atoms with E-state index in [4.69, 9.17) is 4.74 Å². The fourth-order valence-electron chi connectivity index (χ4n) is 5.30. The second-order valence-electron chi connectivity index (χ2n) is 11.4. The Balaban J connectivity index is 1.82. The van der Waals surface area contributed by atoms with Gasteiger partial charge in [-0.1, -0.05) is 12.1 Å². The van der Waals surface area contributed by atoms with E-state index in [1.165, 1.54) is 10.4 Å². The van der Waals surface area contributed by atoms with Crippen molar-refractivity contribution in [3.8, 4) is 0 Å². The lowest BCUT2D eigenvalue weighted by Crippen LogP contribution is -2.46. The molecule has 4 rings (SSSR count). The van der Waals surface area contributed by atoms with E-state index >= 15 is 0 Å². The van der Waals surface area contributed by atoms with Gasteiger partial charge < -0.3 is 14.5 Å². The van der Waals surface area contributed by atoms with Crippen molar-refractivity contribution in [2.45, 2.75) is 56.4 Å². The Morgan fingerprint density at radius 2 is 1.71 bits per heavy atom. The van der Waals surface area contributed by atoms with E-state index in [1.54, 1.807) is 0 Å². The third kappa shape index (κ3) is 6.02. The van der Waals surface area contributed by atoms with Gasteiger partial charge in [0.2, 0.25) is 0 Å². The van der Waals surface area contributed by atoms with Crippen molar-refractivity contribution < 1.29 is 26.3 Å². The largest absolute Gasteiger partial charge is 0.416 e. The van der Waals surface area contributed by atoms with Crippen LogP contribution in [0.2, 0.25) is 0 Å². The maximum Gasteiger partial charge on any atom is 0.416 e. The molecule has 0 saturated carbocycles.